The molecular weight excluding hydrogens is 198 g/mol. The highest BCUT2D eigenvalue weighted by Gasteiger charge is 2.10. The molecule has 1 unspecified atom stereocenters. The zero-order valence-electron chi connectivity index (χ0n) is 6.87. The molecule has 1 atom stereocenters. The lowest BCUT2D eigenvalue weighted by Crippen LogP contribution is -1.92. The molecule has 3 heteroatoms. The average molecular weight is 207 g/mol. The van der Waals surface area contributed by atoms with Gasteiger partial charge in [-0.25, -0.2) is 4.39 Å². The second kappa shape index (κ2) is 3.63. The molecule has 0 heterocycles. The van der Waals surface area contributed by atoms with Crippen LogP contribution in [0.5, 0.6) is 0 Å². The van der Waals surface area contributed by atoms with Crippen molar-refractivity contribution < 1.29 is 4.39 Å². The van der Waals surface area contributed by atoms with Crippen LogP contribution < -0.4 is 0 Å². The van der Waals surface area contributed by atoms with Crippen LogP contribution >= 0.6 is 23.2 Å². The van der Waals surface area contributed by atoms with Crippen LogP contribution in [-0.2, 0) is 0 Å². The highest BCUT2D eigenvalue weighted by molar-refractivity contribution is 6.31. The minimum Gasteiger partial charge on any atom is -0.207 e. The van der Waals surface area contributed by atoms with E-state index in [-0.39, 0.29) is 11.2 Å². The fourth-order valence-corrected chi connectivity index (χ4v) is 1.31. The predicted molar refractivity (Wildman–Crippen MR) is 50.4 cm³/mol. The normalized spacial score (nSPS) is 13.1. The van der Waals surface area contributed by atoms with Gasteiger partial charge in [0.05, 0.1) is 5.38 Å². The van der Waals surface area contributed by atoms with E-state index in [9.17, 15) is 4.39 Å². The van der Waals surface area contributed by atoms with E-state index in [1.165, 1.54) is 6.07 Å². The van der Waals surface area contributed by atoms with Crippen molar-refractivity contribution in [3.05, 3.63) is 34.1 Å². The minimum atomic E-state index is -0.344. The second-order valence-corrected chi connectivity index (χ2v) is 3.80. The van der Waals surface area contributed by atoms with Gasteiger partial charge in [0.15, 0.2) is 0 Å². The van der Waals surface area contributed by atoms with Crippen LogP contribution in [0, 0.1) is 12.7 Å². The first-order valence-electron chi connectivity index (χ1n) is 3.62. The molecule has 0 amide bonds. The maximum atomic E-state index is 13.1. The maximum Gasteiger partial charge on any atom is 0.128 e. The number of alkyl halides is 1. The number of hydrogen-bond acceptors (Lipinski definition) is 0. The molecule has 0 aromatic heterocycles. The van der Waals surface area contributed by atoms with Gasteiger partial charge >= 0.3 is 0 Å². The monoisotopic (exact) mass is 206 g/mol. The maximum absolute atomic E-state index is 13.1. The summed E-state index contributed by atoms with van der Waals surface area (Å²) in [5.74, 6) is -0.292. The number of aryl methyl sites for hydroxylation is 1. The first-order valence-corrected chi connectivity index (χ1v) is 4.43. The molecule has 1 aromatic rings. The molecule has 0 nitrogen and oxygen atoms in total. The summed E-state index contributed by atoms with van der Waals surface area (Å²) in [5.41, 5.74) is 1.18. The Bertz CT molecular complexity index is 295. The van der Waals surface area contributed by atoms with E-state index >= 15 is 0 Å². The zero-order chi connectivity index (χ0) is 9.30. The van der Waals surface area contributed by atoms with Gasteiger partial charge in [-0.1, -0.05) is 11.6 Å². The molecule has 0 spiro atoms. The highest BCUT2D eigenvalue weighted by Crippen LogP contribution is 2.27. The first kappa shape index (κ1) is 9.82. The summed E-state index contributed by atoms with van der Waals surface area (Å²) in [6.45, 7) is 3.47. The van der Waals surface area contributed by atoms with E-state index in [1.54, 1.807) is 19.9 Å². The largest absolute Gasteiger partial charge is 0.207 e. The molecule has 12 heavy (non-hydrogen) atoms. The molecular formula is C9H9Cl2F. The van der Waals surface area contributed by atoms with Crippen LogP contribution in [0.1, 0.15) is 23.4 Å². The Hall–Kier alpha value is -0.270. The van der Waals surface area contributed by atoms with Crippen molar-refractivity contribution in [3.63, 3.8) is 0 Å². The molecule has 0 aliphatic rings. The van der Waals surface area contributed by atoms with Gasteiger partial charge in [0.2, 0.25) is 0 Å². The van der Waals surface area contributed by atoms with Crippen molar-refractivity contribution in [1.29, 1.82) is 0 Å². The van der Waals surface area contributed by atoms with Gasteiger partial charge < -0.3 is 0 Å². The number of hydrogen-bond donors (Lipinski definition) is 0. The Morgan fingerprint density at radius 2 is 2.00 bits per heavy atom. The number of halogens is 3. The molecule has 66 valence electrons. The summed E-state index contributed by atoms with van der Waals surface area (Å²) in [7, 11) is 0. The molecule has 0 aliphatic carbocycles. The summed E-state index contributed by atoms with van der Waals surface area (Å²) >= 11 is 11.5. The summed E-state index contributed by atoms with van der Waals surface area (Å²) in [6.07, 6.45) is 0. The SMILES string of the molecule is Cc1cc(F)c(C(C)Cl)cc1Cl. The molecule has 0 aliphatic heterocycles. The fraction of sp³-hybridized carbons (Fsp3) is 0.333. The average Bonchev–Trinajstić information content (AvgIpc) is 1.96. The summed E-state index contributed by atoms with van der Waals surface area (Å²) in [4.78, 5) is 0. The van der Waals surface area contributed by atoms with E-state index in [4.69, 9.17) is 23.2 Å². The van der Waals surface area contributed by atoms with Gasteiger partial charge in [0, 0.05) is 10.6 Å². The van der Waals surface area contributed by atoms with Gasteiger partial charge in [0.25, 0.3) is 0 Å². The lowest BCUT2D eigenvalue weighted by Gasteiger charge is -2.07. The lowest BCUT2D eigenvalue weighted by atomic mass is 10.1. The summed E-state index contributed by atoms with van der Waals surface area (Å²) in [6, 6.07) is 2.97. The first-order chi connectivity index (χ1) is 5.52. The molecule has 1 aromatic carbocycles. The van der Waals surface area contributed by atoms with Crippen LogP contribution in [0.3, 0.4) is 0 Å². The number of benzene rings is 1. The molecule has 0 bridgehead atoms. The van der Waals surface area contributed by atoms with Crippen LogP contribution in [-0.4, -0.2) is 0 Å². The Labute approximate surface area is 81.3 Å². The highest BCUT2D eigenvalue weighted by atomic mass is 35.5. The van der Waals surface area contributed by atoms with Crippen molar-refractivity contribution in [3.8, 4) is 0 Å². The zero-order valence-corrected chi connectivity index (χ0v) is 8.38. The Balaban J connectivity index is 3.23. The van der Waals surface area contributed by atoms with Crippen molar-refractivity contribution in [1.82, 2.24) is 0 Å². The van der Waals surface area contributed by atoms with Gasteiger partial charge in [-0.15, -0.1) is 11.6 Å². The quantitative estimate of drug-likeness (QED) is 0.608. The lowest BCUT2D eigenvalue weighted by molar-refractivity contribution is 0.609. The van der Waals surface area contributed by atoms with E-state index in [2.05, 4.69) is 0 Å². The second-order valence-electron chi connectivity index (χ2n) is 2.74. The molecule has 0 radical (unpaired) electrons. The topological polar surface area (TPSA) is 0 Å². The third kappa shape index (κ3) is 1.90. The van der Waals surface area contributed by atoms with Crippen molar-refractivity contribution >= 4 is 23.2 Å². The third-order valence-corrected chi connectivity index (χ3v) is 2.35. The van der Waals surface area contributed by atoms with Crippen LogP contribution in [0.25, 0.3) is 0 Å². The van der Waals surface area contributed by atoms with Gasteiger partial charge in [-0.2, -0.15) is 0 Å². The van der Waals surface area contributed by atoms with Crippen LogP contribution in [0.15, 0.2) is 12.1 Å². The number of rotatable bonds is 1. The van der Waals surface area contributed by atoms with Crippen molar-refractivity contribution in [2.24, 2.45) is 0 Å². The smallest absolute Gasteiger partial charge is 0.128 e. The van der Waals surface area contributed by atoms with Crippen LogP contribution in [0.2, 0.25) is 5.02 Å². The van der Waals surface area contributed by atoms with Crippen LogP contribution in [0.4, 0.5) is 4.39 Å². The Morgan fingerprint density at radius 3 is 2.50 bits per heavy atom. The van der Waals surface area contributed by atoms with Crippen molar-refractivity contribution in [2.75, 3.05) is 0 Å². The molecule has 0 fully saturated rings. The van der Waals surface area contributed by atoms with E-state index in [0.717, 1.165) is 5.56 Å². The standard InChI is InChI=1S/C9H9Cl2F/c1-5-3-9(12)7(6(2)10)4-8(5)11/h3-4,6H,1-2H3. The third-order valence-electron chi connectivity index (χ3n) is 1.71. The Morgan fingerprint density at radius 1 is 1.42 bits per heavy atom. The van der Waals surface area contributed by atoms with E-state index in [1.807, 2.05) is 0 Å². The van der Waals surface area contributed by atoms with E-state index < -0.39 is 0 Å². The summed E-state index contributed by atoms with van der Waals surface area (Å²) in [5, 5.41) is 0.210. The van der Waals surface area contributed by atoms with Gasteiger partial charge in [0.1, 0.15) is 5.82 Å². The fourth-order valence-electron chi connectivity index (χ4n) is 0.967. The molecule has 0 saturated carbocycles. The van der Waals surface area contributed by atoms with Crippen molar-refractivity contribution in [2.45, 2.75) is 19.2 Å². The molecule has 0 N–H and O–H groups in total. The molecule has 1 rings (SSSR count). The molecule has 0 saturated heterocycles. The van der Waals surface area contributed by atoms with E-state index in [0.29, 0.717) is 10.6 Å². The van der Waals surface area contributed by atoms with Gasteiger partial charge in [-0.3, -0.25) is 0 Å². The van der Waals surface area contributed by atoms with Gasteiger partial charge in [-0.05, 0) is 31.5 Å². The summed E-state index contributed by atoms with van der Waals surface area (Å²) < 4.78 is 13.1. The Kier molecular flexibility index (Phi) is 2.97. The predicted octanol–water partition coefficient (Wildman–Crippen LogP) is 4.09. The minimum absolute atomic E-state index is 0.292.